The molecule has 0 N–H and O–H groups in total. The van der Waals surface area contributed by atoms with Crippen molar-refractivity contribution < 1.29 is 22.4 Å². The van der Waals surface area contributed by atoms with E-state index in [9.17, 15) is 18.0 Å². The van der Waals surface area contributed by atoms with E-state index < -0.39 is 23.3 Å². The van der Waals surface area contributed by atoms with Crippen molar-refractivity contribution in [2.24, 2.45) is 7.05 Å². The number of carbonyl (C=O) groups is 1. The van der Waals surface area contributed by atoms with E-state index in [-0.39, 0.29) is 17.7 Å². The van der Waals surface area contributed by atoms with Crippen molar-refractivity contribution >= 4 is 11.5 Å². The van der Waals surface area contributed by atoms with Gasteiger partial charge in [-0.2, -0.15) is 18.3 Å². The van der Waals surface area contributed by atoms with Crippen LogP contribution in [-0.2, 0) is 19.6 Å². The summed E-state index contributed by atoms with van der Waals surface area (Å²) in [6.45, 7) is 5.69. The molecule has 4 aromatic rings. The number of benzene rings is 2. The van der Waals surface area contributed by atoms with Crippen LogP contribution in [0.1, 0.15) is 32.7 Å². The molecule has 8 nitrogen and oxygen atoms in total. The van der Waals surface area contributed by atoms with Gasteiger partial charge in [0.2, 0.25) is 0 Å². The average molecular weight is 556 g/mol. The van der Waals surface area contributed by atoms with Crippen LogP contribution < -0.4 is 4.90 Å². The SMILES string of the molecule is Cc1ccc(CC(=O)c2cc(N3CCN(C)CC3)c(F)c(C(F)(F)F)c2)cc1-n1cc(-c2cnn(C)c2C)nn1. The minimum atomic E-state index is -4.93. The lowest BCUT2D eigenvalue weighted by Crippen LogP contribution is -2.45. The summed E-state index contributed by atoms with van der Waals surface area (Å²) < 4.78 is 59.7. The van der Waals surface area contributed by atoms with E-state index in [4.69, 9.17) is 0 Å². The lowest BCUT2D eigenvalue weighted by molar-refractivity contribution is -0.139. The molecule has 1 saturated heterocycles. The number of aromatic nitrogens is 5. The van der Waals surface area contributed by atoms with E-state index >= 15 is 4.39 Å². The van der Waals surface area contributed by atoms with Gasteiger partial charge in [-0.1, -0.05) is 17.3 Å². The fourth-order valence-corrected chi connectivity index (χ4v) is 4.81. The van der Waals surface area contributed by atoms with Crippen molar-refractivity contribution in [2.45, 2.75) is 26.4 Å². The number of likely N-dealkylation sites (N-methyl/N-ethyl adjacent to an activating group) is 1. The molecular formula is C28H29F4N7O. The summed E-state index contributed by atoms with van der Waals surface area (Å²) in [5.74, 6) is -1.89. The number of aryl methyl sites for hydroxylation is 2. The maximum absolute atomic E-state index is 15.0. The lowest BCUT2D eigenvalue weighted by Gasteiger charge is -2.34. The zero-order chi connectivity index (χ0) is 28.8. The molecule has 0 bridgehead atoms. The molecule has 3 heterocycles. The molecule has 0 unspecified atom stereocenters. The van der Waals surface area contributed by atoms with Crippen LogP contribution in [0.25, 0.3) is 16.9 Å². The van der Waals surface area contributed by atoms with Crippen molar-refractivity contribution in [1.29, 1.82) is 0 Å². The first kappa shape index (κ1) is 27.5. The molecule has 0 atom stereocenters. The Labute approximate surface area is 228 Å². The Morgan fingerprint density at radius 1 is 1.00 bits per heavy atom. The van der Waals surface area contributed by atoms with Crippen LogP contribution >= 0.6 is 0 Å². The maximum Gasteiger partial charge on any atom is 0.419 e. The summed E-state index contributed by atoms with van der Waals surface area (Å²) in [5.41, 5.74) is 2.72. The first-order chi connectivity index (χ1) is 18.9. The Bertz CT molecular complexity index is 1570. The zero-order valence-corrected chi connectivity index (χ0v) is 22.6. The highest BCUT2D eigenvalue weighted by atomic mass is 19.4. The quantitative estimate of drug-likeness (QED) is 0.256. The van der Waals surface area contributed by atoms with Gasteiger partial charge in [-0.05, 0) is 50.2 Å². The van der Waals surface area contributed by atoms with E-state index in [2.05, 4.69) is 15.4 Å². The Morgan fingerprint density at radius 3 is 2.38 bits per heavy atom. The molecule has 5 rings (SSSR count). The fraction of sp³-hybridized carbons (Fsp3) is 0.357. The number of anilines is 1. The maximum atomic E-state index is 15.0. The first-order valence-electron chi connectivity index (χ1n) is 12.8. The van der Waals surface area contributed by atoms with Gasteiger partial charge in [0.05, 0.1) is 29.3 Å². The molecule has 210 valence electrons. The highest BCUT2D eigenvalue weighted by Crippen LogP contribution is 2.37. The topological polar surface area (TPSA) is 72.1 Å². The van der Waals surface area contributed by atoms with Crippen LogP contribution in [-0.4, -0.2) is 68.7 Å². The van der Waals surface area contributed by atoms with Crippen molar-refractivity contribution in [3.8, 4) is 16.9 Å². The van der Waals surface area contributed by atoms with Gasteiger partial charge < -0.3 is 9.80 Å². The Morgan fingerprint density at radius 2 is 1.73 bits per heavy atom. The summed E-state index contributed by atoms with van der Waals surface area (Å²) in [6.07, 6.45) is -1.63. The number of piperazine rings is 1. The van der Waals surface area contributed by atoms with Gasteiger partial charge in [0.1, 0.15) is 5.69 Å². The molecule has 0 amide bonds. The van der Waals surface area contributed by atoms with E-state index in [1.165, 1.54) is 6.07 Å². The molecule has 0 radical (unpaired) electrons. The molecule has 0 saturated carbocycles. The van der Waals surface area contributed by atoms with E-state index in [0.29, 0.717) is 49.2 Å². The number of ketones is 1. The van der Waals surface area contributed by atoms with Crippen LogP contribution in [0.5, 0.6) is 0 Å². The van der Waals surface area contributed by atoms with Crippen LogP contribution in [0.4, 0.5) is 23.2 Å². The molecule has 40 heavy (non-hydrogen) atoms. The number of hydrogen-bond acceptors (Lipinski definition) is 6. The zero-order valence-electron chi connectivity index (χ0n) is 22.6. The summed E-state index contributed by atoms with van der Waals surface area (Å²) in [4.78, 5) is 16.9. The normalized spacial score (nSPS) is 14.7. The number of carbonyl (C=O) groups excluding carboxylic acids is 1. The minimum Gasteiger partial charge on any atom is -0.367 e. The lowest BCUT2D eigenvalue weighted by atomic mass is 9.98. The predicted octanol–water partition coefficient (Wildman–Crippen LogP) is 4.62. The van der Waals surface area contributed by atoms with Crippen molar-refractivity contribution in [2.75, 3.05) is 38.1 Å². The third-order valence-corrected chi connectivity index (χ3v) is 7.41. The first-order valence-corrected chi connectivity index (χ1v) is 12.8. The van der Waals surface area contributed by atoms with Crippen molar-refractivity contribution in [1.82, 2.24) is 29.7 Å². The van der Waals surface area contributed by atoms with E-state index in [1.54, 1.807) is 38.8 Å². The molecular weight excluding hydrogens is 526 g/mol. The average Bonchev–Trinajstić information content (AvgIpc) is 3.51. The molecule has 0 aliphatic carbocycles. The second-order valence-electron chi connectivity index (χ2n) is 10.2. The van der Waals surface area contributed by atoms with Crippen LogP contribution in [0.15, 0.2) is 42.7 Å². The molecule has 1 aliphatic rings. The molecule has 2 aromatic heterocycles. The Hall–Kier alpha value is -4.06. The molecule has 2 aromatic carbocycles. The smallest absolute Gasteiger partial charge is 0.367 e. The van der Waals surface area contributed by atoms with Gasteiger partial charge in [-0.15, -0.1) is 5.10 Å². The van der Waals surface area contributed by atoms with Crippen LogP contribution in [0.3, 0.4) is 0 Å². The minimum absolute atomic E-state index is 0.165. The predicted molar refractivity (Wildman–Crippen MR) is 142 cm³/mol. The van der Waals surface area contributed by atoms with Gasteiger partial charge in [0.15, 0.2) is 11.6 Å². The van der Waals surface area contributed by atoms with Crippen molar-refractivity contribution in [3.05, 3.63) is 76.5 Å². The van der Waals surface area contributed by atoms with Crippen LogP contribution in [0.2, 0.25) is 0 Å². The van der Waals surface area contributed by atoms with Crippen LogP contribution in [0, 0.1) is 19.7 Å². The number of nitrogens with zero attached hydrogens (tertiary/aromatic N) is 7. The second-order valence-corrected chi connectivity index (χ2v) is 10.2. The third kappa shape index (κ3) is 5.35. The van der Waals surface area contributed by atoms with Gasteiger partial charge >= 0.3 is 6.18 Å². The number of rotatable bonds is 6. The summed E-state index contributed by atoms with van der Waals surface area (Å²) in [6, 6.07) is 7.18. The molecule has 12 heteroatoms. The number of hydrogen-bond donors (Lipinski definition) is 0. The van der Waals surface area contributed by atoms with Gasteiger partial charge in [-0.25, -0.2) is 9.07 Å². The molecule has 1 aliphatic heterocycles. The number of Topliss-reactive ketones (excluding diaryl/α,β-unsaturated/α-hetero) is 1. The largest absolute Gasteiger partial charge is 0.419 e. The fourth-order valence-electron chi connectivity index (χ4n) is 4.81. The van der Waals surface area contributed by atoms with E-state index in [0.717, 1.165) is 16.8 Å². The summed E-state index contributed by atoms with van der Waals surface area (Å²) in [7, 11) is 3.73. The Kier molecular flexibility index (Phi) is 7.21. The van der Waals surface area contributed by atoms with Gasteiger partial charge in [0, 0.05) is 56.5 Å². The molecule has 0 spiro atoms. The third-order valence-electron chi connectivity index (χ3n) is 7.41. The van der Waals surface area contributed by atoms with Gasteiger partial charge in [-0.3, -0.25) is 9.48 Å². The molecule has 1 fully saturated rings. The summed E-state index contributed by atoms with van der Waals surface area (Å²) >= 11 is 0. The second kappa shape index (κ2) is 10.5. The van der Waals surface area contributed by atoms with E-state index in [1.807, 2.05) is 38.9 Å². The number of halogens is 4. The monoisotopic (exact) mass is 555 g/mol. The van der Waals surface area contributed by atoms with Gasteiger partial charge in [0.25, 0.3) is 0 Å². The van der Waals surface area contributed by atoms with Crippen molar-refractivity contribution in [3.63, 3.8) is 0 Å². The number of alkyl halides is 3. The summed E-state index contributed by atoms with van der Waals surface area (Å²) in [5, 5.41) is 12.7. The highest BCUT2D eigenvalue weighted by molar-refractivity contribution is 5.98. The standard InChI is InChI=1S/C28H29F4N7O/c1-17-5-6-19(11-24(17)39-16-23(34-35-39)21-15-33-37(4)18(21)2)12-26(40)20-13-22(28(30,31)32)27(29)25(14-20)38-9-7-36(3)8-10-38/h5-6,11,13-16H,7-10,12H2,1-4H3. The highest BCUT2D eigenvalue weighted by Gasteiger charge is 2.37. The Balaban J connectivity index is 1.44.